The molecule has 1 aliphatic rings. The predicted molar refractivity (Wildman–Crippen MR) is 115 cm³/mol. The number of sulfonamides is 1. The first kappa shape index (κ1) is 22.2. The highest BCUT2D eigenvalue weighted by Gasteiger charge is 2.41. The summed E-state index contributed by atoms with van der Waals surface area (Å²) in [5, 5.41) is 4.08. The van der Waals surface area contributed by atoms with Crippen LogP contribution in [0.1, 0.15) is 30.1 Å². The maximum atomic E-state index is 13.1. The Bertz CT molecular complexity index is 1240. The van der Waals surface area contributed by atoms with Gasteiger partial charge in [0.25, 0.3) is 15.9 Å². The number of alkyl halides is 1. The molecule has 0 spiro atoms. The van der Waals surface area contributed by atoms with Crippen LogP contribution in [0.2, 0.25) is 5.15 Å². The smallest absolute Gasteiger partial charge is 0.268 e. The Morgan fingerprint density at radius 2 is 1.97 bits per heavy atom. The molecule has 3 aromatic rings. The van der Waals surface area contributed by atoms with Crippen LogP contribution in [0.4, 0.5) is 4.39 Å². The zero-order chi connectivity index (χ0) is 22.9. The first-order valence-electron chi connectivity index (χ1n) is 9.77. The maximum absolute atomic E-state index is 13.1. The molecule has 0 atom stereocenters. The molecule has 1 aromatic carbocycles. The lowest BCUT2D eigenvalue weighted by atomic mass is 9.70. The number of carbonyl (C=O) groups excluding carboxylic acids is 1. The van der Waals surface area contributed by atoms with Crippen LogP contribution in [0.5, 0.6) is 5.88 Å². The van der Waals surface area contributed by atoms with Crippen molar-refractivity contribution in [2.45, 2.75) is 30.8 Å². The van der Waals surface area contributed by atoms with Gasteiger partial charge in [-0.05, 0) is 37.1 Å². The van der Waals surface area contributed by atoms with E-state index >= 15 is 0 Å². The summed E-state index contributed by atoms with van der Waals surface area (Å²) in [6.45, 7) is 2.32. The Kier molecular flexibility index (Phi) is 5.91. The molecule has 168 valence electrons. The van der Waals surface area contributed by atoms with Gasteiger partial charge in [-0.25, -0.2) is 27.2 Å². The Morgan fingerprint density at radius 3 is 2.62 bits per heavy atom. The third-order valence-corrected chi connectivity index (χ3v) is 6.79. The van der Waals surface area contributed by atoms with Crippen molar-refractivity contribution in [3.63, 3.8) is 0 Å². The van der Waals surface area contributed by atoms with Gasteiger partial charge in [-0.3, -0.25) is 4.79 Å². The van der Waals surface area contributed by atoms with Crippen LogP contribution in [-0.4, -0.2) is 41.9 Å². The molecular formula is C21H20ClFN4O4S. The SMILES string of the molecule is CC1(COc2ccn(-c3ccc(C(=O)NS(=O)(=O)c4ccccc4)c(Cl)n3)n2)CC(F)C1. The number of ether oxygens (including phenoxy) is 1. The number of pyridine rings is 1. The van der Waals surface area contributed by atoms with Crippen LogP contribution >= 0.6 is 11.6 Å². The molecule has 4 rings (SSSR count). The van der Waals surface area contributed by atoms with Crippen molar-refractivity contribution in [3.8, 4) is 11.7 Å². The Hall–Kier alpha value is -2.98. The number of aromatic nitrogens is 3. The van der Waals surface area contributed by atoms with Crippen molar-refractivity contribution in [2.24, 2.45) is 5.41 Å². The summed E-state index contributed by atoms with van der Waals surface area (Å²) >= 11 is 6.14. The molecule has 1 N–H and O–H groups in total. The van der Waals surface area contributed by atoms with Crippen LogP contribution in [-0.2, 0) is 10.0 Å². The van der Waals surface area contributed by atoms with Gasteiger partial charge in [-0.15, -0.1) is 5.10 Å². The summed E-state index contributed by atoms with van der Waals surface area (Å²) in [7, 11) is -4.05. The van der Waals surface area contributed by atoms with E-state index in [2.05, 4.69) is 10.1 Å². The fourth-order valence-corrected chi connectivity index (χ4v) is 4.67. The molecule has 2 heterocycles. The van der Waals surface area contributed by atoms with Gasteiger partial charge in [-0.1, -0.05) is 36.7 Å². The molecule has 1 aliphatic carbocycles. The van der Waals surface area contributed by atoms with E-state index < -0.39 is 22.1 Å². The van der Waals surface area contributed by atoms with Crippen molar-refractivity contribution in [1.29, 1.82) is 0 Å². The molecule has 8 nitrogen and oxygen atoms in total. The van der Waals surface area contributed by atoms with Gasteiger partial charge < -0.3 is 4.74 Å². The number of nitrogens with zero attached hydrogens (tertiary/aromatic N) is 3. The second kappa shape index (κ2) is 8.51. The fourth-order valence-electron chi connectivity index (χ4n) is 3.44. The minimum atomic E-state index is -4.05. The van der Waals surface area contributed by atoms with Crippen LogP contribution < -0.4 is 9.46 Å². The molecule has 1 fully saturated rings. The molecular weight excluding hydrogens is 459 g/mol. The minimum Gasteiger partial charge on any atom is -0.476 e. The quantitative estimate of drug-likeness (QED) is 0.521. The van der Waals surface area contributed by atoms with E-state index in [4.69, 9.17) is 16.3 Å². The molecule has 0 radical (unpaired) electrons. The summed E-state index contributed by atoms with van der Waals surface area (Å²) in [5.41, 5.74) is -0.294. The van der Waals surface area contributed by atoms with E-state index in [-0.39, 0.29) is 21.0 Å². The van der Waals surface area contributed by atoms with Gasteiger partial charge >= 0.3 is 0 Å². The van der Waals surface area contributed by atoms with Crippen LogP contribution in [0.25, 0.3) is 5.82 Å². The summed E-state index contributed by atoms with van der Waals surface area (Å²) in [6, 6.07) is 12.0. The Morgan fingerprint density at radius 1 is 1.25 bits per heavy atom. The fraction of sp³-hybridized carbons (Fsp3) is 0.286. The van der Waals surface area contributed by atoms with Gasteiger partial charge in [0, 0.05) is 17.7 Å². The molecule has 11 heteroatoms. The average molecular weight is 479 g/mol. The molecule has 0 unspecified atom stereocenters. The number of hydrogen-bond acceptors (Lipinski definition) is 6. The standard InChI is InChI=1S/C21H20ClFN4O4S/c1-21(11-14(23)12-21)13-31-18-9-10-27(25-18)17-8-7-16(19(22)24-17)20(28)26-32(29,30)15-5-3-2-4-6-15/h2-10,14H,11-13H2,1H3,(H,26,28). The first-order chi connectivity index (χ1) is 15.2. The summed E-state index contributed by atoms with van der Waals surface area (Å²) in [4.78, 5) is 16.5. The highest BCUT2D eigenvalue weighted by Crippen LogP contribution is 2.42. The number of carbonyl (C=O) groups is 1. The van der Waals surface area contributed by atoms with E-state index in [1.54, 1.807) is 30.5 Å². The molecule has 0 bridgehead atoms. The highest BCUT2D eigenvalue weighted by atomic mass is 35.5. The summed E-state index contributed by atoms with van der Waals surface area (Å²) in [6.07, 6.45) is 1.77. The topological polar surface area (TPSA) is 103 Å². The number of halogens is 2. The van der Waals surface area contributed by atoms with Gasteiger partial charge in [0.15, 0.2) is 5.82 Å². The number of hydrogen-bond donors (Lipinski definition) is 1. The zero-order valence-electron chi connectivity index (χ0n) is 17.0. The molecule has 0 saturated heterocycles. The molecule has 1 amide bonds. The molecule has 0 aliphatic heterocycles. The lowest BCUT2D eigenvalue weighted by Crippen LogP contribution is -2.40. The van der Waals surface area contributed by atoms with Crippen molar-refractivity contribution in [3.05, 3.63) is 65.4 Å². The van der Waals surface area contributed by atoms with Crippen LogP contribution in [0, 0.1) is 5.41 Å². The Balaban J connectivity index is 1.44. The molecule has 32 heavy (non-hydrogen) atoms. The van der Waals surface area contributed by atoms with Crippen molar-refractivity contribution in [2.75, 3.05) is 6.61 Å². The number of benzene rings is 1. The first-order valence-corrected chi connectivity index (χ1v) is 11.6. The zero-order valence-corrected chi connectivity index (χ0v) is 18.6. The van der Waals surface area contributed by atoms with Crippen LogP contribution in [0.15, 0.2) is 59.6 Å². The van der Waals surface area contributed by atoms with Crippen molar-refractivity contribution >= 4 is 27.5 Å². The van der Waals surface area contributed by atoms with E-state index in [1.165, 1.54) is 28.9 Å². The summed E-state index contributed by atoms with van der Waals surface area (Å²) < 4.78 is 46.9. The van der Waals surface area contributed by atoms with Gasteiger partial charge in [0.05, 0.1) is 17.1 Å². The maximum Gasteiger partial charge on any atom is 0.268 e. The van der Waals surface area contributed by atoms with Crippen molar-refractivity contribution < 1.29 is 22.3 Å². The normalized spacial score (nSPS) is 20.4. The second-order valence-electron chi connectivity index (χ2n) is 7.96. The third kappa shape index (κ3) is 4.76. The van der Waals surface area contributed by atoms with E-state index in [0.717, 1.165) is 0 Å². The minimum absolute atomic E-state index is 0.0454. The average Bonchev–Trinajstić information content (AvgIpc) is 3.21. The number of rotatable bonds is 7. The molecule has 1 saturated carbocycles. The monoisotopic (exact) mass is 478 g/mol. The van der Waals surface area contributed by atoms with Crippen molar-refractivity contribution in [1.82, 2.24) is 19.5 Å². The van der Waals surface area contributed by atoms with Gasteiger partial charge in [0.1, 0.15) is 11.3 Å². The lowest BCUT2D eigenvalue weighted by molar-refractivity contribution is 0.000146. The predicted octanol–water partition coefficient (Wildman–Crippen LogP) is 3.56. The highest BCUT2D eigenvalue weighted by molar-refractivity contribution is 7.90. The number of amides is 1. The van der Waals surface area contributed by atoms with E-state index in [0.29, 0.717) is 31.1 Å². The largest absolute Gasteiger partial charge is 0.476 e. The number of nitrogens with one attached hydrogen (secondary N) is 1. The lowest BCUT2D eigenvalue weighted by Gasteiger charge is -2.40. The Labute approximate surface area is 189 Å². The molecule has 2 aromatic heterocycles. The van der Waals surface area contributed by atoms with E-state index in [1.807, 2.05) is 11.6 Å². The van der Waals surface area contributed by atoms with E-state index in [9.17, 15) is 17.6 Å². The second-order valence-corrected chi connectivity index (χ2v) is 10.00. The van der Waals surface area contributed by atoms with Crippen LogP contribution in [0.3, 0.4) is 0 Å². The van der Waals surface area contributed by atoms with Gasteiger partial charge in [0.2, 0.25) is 5.88 Å². The summed E-state index contributed by atoms with van der Waals surface area (Å²) in [5.74, 6) is -0.240. The third-order valence-electron chi connectivity index (χ3n) is 5.16. The van der Waals surface area contributed by atoms with Gasteiger partial charge in [-0.2, -0.15) is 0 Å².